The molecule has 2 rings (SSSR count). The Morgan fingerprint density at radius 1 is 1.41 bits per heavy atom. The first-order valence-corrected chi connectivity index (χ1v) is 9.68. The minimum absolute atomic E-state index is 0.0345. The van der Waals surface area contributed by atoms with Crippen LogP contribution in [0.15, 0.2) is 24.3 Å². The first kappa shape index (κ1) is 17.7. The van der Waals surface area contributed by atoms with Crippen LogP contribution < -0.4 is 4.72 Å². The minimum Gasteiger partial charge on any atom is -0.371 e. The first-order chi connectivity index (χ1) is 10.4. The van der Waals surface area contributed by atoms with Crippen LogP contribution in [0.25, 0.3) is 0 Å². The summed E-state index contributed by atoms with van der Waals surface area (Å²) in [5.41, 5.74) is 1.01. The zero-order chi connectivity index (χ0) is 16.2. The van der Waals surface area contributed by atoms with Crippen molar-refractivity contribution in [3.05, 3.63) is 34.9 Å². The number of rotatable bonds is 6. The minimum atomic E-state index is -3.11. The van der Waals surface area contributed by atoms with Crippen LogP contribution in [-0.2, 0) is 14.8 Å². The summed E-state index contributed by atoms with van der Waals surface area (Å²) in [6, 6.07) is 8.05. The molecule has 0 radical (unpaired) electrons. The van der Waals surface area contributed by atoms with Gasteiger partial charge in [-0.15, -0.1) is 0 Å². The molecule has 1 heterocycles. The highest BCUT2D eigenvalue weighted by molar-refractivity contribution is 7.88. The van der Waals surface area contributed by atoms with Gasteiger partial charge in [-0.05, 0) is 26.0 Å². The molecule has 7 heteroatoms. The van der Waals surface area contributed by atoms with Crippen molar-refractivity contribution >= 4 is 21.6 Å². The molecule has 1 aromatic carbocycles. The van der Waals surface area contributed by atoms with E-state index in [9.17, 15) is 8.42 Å². The molecule has 2 atom stereocenters. The van der Waals surface area contributed by atoms with Gasteiger partial charge in [-0.2, -0.15) is 0 Å². The Morgan fingerprint density at radius 3 is 2.82 bits per heavy atom. The maximum atomic E-state index is 11.1. The smallest absolute Gasteiger partial charge is 0.208 e. The van der Waals surface area contributed by atoms with Crippen molar-refractivity contribution in [3.63, 3.8) is 0 Å². The van der Waals surface area contributed by atoms with Crippen LogP contribution in [0, 0.1) is 0 Å². The van der Waals surface area contributed by atoms with Crippen LogP contribution in [0.1, 0.15) is 25.0 Å². The molecule has 1 aliphatic heterocycles. The van der Waals surface area contributed by atoms with Crippen molar-refractivity contribution in [1.82, 2.24) is 9.62 Å². The Bertz CT molecular complexity index is 594. The van der Waals surface area contributed by atoms with E-state index in [1.807, 2.05) is 24.3 Å². The molecule has 1 N–H and O–H groups in total. The molecule has 1 fully saturated rings. The Balaban J connectivity index is 1.90. The van der Waals surface area contributed by atoms with Crippen molar-refractivity contribution < 1.29 is 13.2 Å². The van der Waals surface area contributed by atoms with Crippen LogP contribution in [0.5, 0.6) is 0 Å². The number of ether oxygens (including phenoxy) is 1. The molecular formula is C15H23ClN2O3S. The summed E-state index contributed by atoms with van der Waals surface area (Å²) in [6.45, 7) is 4.82. The number of benzene rings is 1. The Kier molecular flexibility index (Phi) is 6.23. The number of sulfonamides is 1. The highest BCUT2D eigenvalue weighted by Gasteiger charge is 2.27. The molecular weight excluding hydrogens is 324 g/mol. The normalized spacial score (nSPS) is 23.6. The van der Waals surface area contributed by atoms with E-state index in [1.165, 1.54) is 6.26 Å². The SMILES string of the molecule is C[C@@H]1CO[C@@H](c2ccccc2Cl)CN1CCCNS(C)(=O)=O. The fourth-order valence-corrected chi connectivity index (χ4v) is 3.35. The lowest BCUT2D eigenvalue weighted by Gasteiger charge is -2.38. The third kappa shape index (κ3) is 5.21. The lowest BCUT2D eigenvalue weighted by molar-refractivity contribution is -0.0600. The zero-order valence-corrected chi connectivity index (χ0v) is 14.5. The van der Waals surface area contributed by atoms with E-state index in [4.69, 9.17) is 16.3 Å². The third-order valence-corrected chi connectivity index (χ3v) is 4.87. The molecule has 0 saturated carbocycles. The van der Waals surface area contributed by atoms with Crippen LogP contribution >= 0.6 is 11.6 Å². The van der Waals surface area contributed by atoms with E-state index in [0.717, 1.165) is 30.1 Å². The summed E-state index contributed by atoms with van der Waals surface area (Å²) in [5.74, 6) is 0. The largest absolute Gasteiger partial charge is 0.371 e. The second-order valence-corrected chi connectivity index (χ2v) is 7.95. The van der Waals surface area contributed by atoms with Gasteiger partial charge in [-0.25, -0.2) is 13.1 Å². The summed E-state index contributed by atoms with van der Waals surface area (Å²) >= 11 is 6.24. The highest BCUT2D eigenvalue weighted by atomic mass is 35.5. The summed E-state index contributed by atoms with van der Waals surface area (Å²) in [7, 11) is -3.11. The topological polar surface area (TPSA) is 58.6 Å². The standard InChI is InChI=1S/C15H23ClN2O3S/c1-12-11-21-15(13-6-3-4-7-14(13)16)10-18(12)9-5-8-17-22(2,19)20/h3-4,6-7,12,15,17H,5,8-11H2,1-2H3/t12-,15-/m1/s1. The van der Waals surface area contributed by atoms with Crippen molar-refractivity contribution in [1.29, 1.82) is 0 Å². The number of hydrogen-bond donors (Lipinski definition) is 1. The molecule has 22 heavy (non-hydrogen) atoms. The third-order valence-electron chi connectivity index (χ3n) is 3.80. The maximum absolute atomic E-state index is 11.1. The van der Waals surface area contributed by atoms with Crippen LogP contribution in [0.3, 0.4) is 0 Å². The van der Waals surface area contributed by atoms with Gasteiger partial charge >= 0.3 is 0 Å². The first-order valence-electron chi connectivity index (χ1n) is 7.41. The van der Waals surface area contributed by atoms with Gasteiger partial charge in [-0.3, -0.25) is 4.90 Å². The van der Waals surface area contributed by atoms with Crippen molar-refractivity contribution in [2.45, 2.75) is 25.5 Å². The fourth-order valence-electron chi connectivity index (χ4n) is 2.58. The molecule has 0 aromatic heterocycles. The van der Waals surface area contributed by atoms with Gasteiger partial charge in [0.2, 0.25) is 10.0 Å². The summed E-state index contributed by atoms with van der Waals surface area (Å²) in [6.07, 6.45) is 1.91. The predicted molar refractivity (Wildman–Crippen MR) is 88.6 cm³/mol. The average molecular weight is 347 g/mol. The molecule has 0 aliphatic carbocycles. The Hall–Kier alpha value is -0.660. The van der Waals surface area contributed by atoms with Crippen LogP contribution in [0.4, 0.5) is 0 Å². The molecule has 1 saturated heterocycles. The Labute approximate surface area is 137 Å². The van der Waals surface area contributed by atoms with Gasteiger partial charge in [0, 0.05) is 29.7 Å². The molecule has 124 valence electrons. The van der Waals surface area contributed by atoms with E-state index >= 15 is 0 Å². The lowest BCUT2D eigenvalue weighted by atomic mass is 10.1. The quantitative estimate of drug-likeness (QED) is 0.801. The van der Waals surface area contributed by atoms with Crippen LogP contribution in [0.2, 0.25) is 5.02 Å². The van der Waals surface area contributed by atoms with Crippen molar-refractivity contribution in [2.24, 2.45) is 0 Å². The molecule has 1 aliphatic rings. The van der Waals surface area contributed by atoms with E-state index < -0.39 is 10.0 Å². The fraction of sp³-hybridized carbons (Fsp3) is 0.600. The molecule has 0 spiro atoms. The maximum Gasteiger partial charge on any atom is 0.208 e. The number of morpholine rings is 1. The van der Waals surface area contributed by atoms with Crippen molar-refractivity contribution in [3.8, 4) is 0 Å². The van der Waals surface area contributed by atoms with E-state index in [-0.39, 0.29) is 6.10 Å². The Morgan fingerprint density at radius 2 is 2.14 bits per heavy atom. The van der Waals surface area contributed by atoms with Crippen LogP contribution in [-0.4, -0.2) is 51.9 Å². The molecule has 5 nitrogen and oxygen atoms in total. The second-order valence-electron chi connectivity index (χ2n) is 5.71. The average Bonchev–Trinajstić information content (AvgIpc) is 2.45. The molecule has 1 aromatic rings. The highest BCUT2D eigenvalue weighted by Crippen LogP contribution is 2.29. The number of nitrogens with one attached hydrogen (secondary N) is 1. The van der Waals surface area contributed by atoms with Crippen molar-refractivity contribution in [2.75, 3.05) is 32.5 Å². The predicted octanol–water partition coefficient (Wildman–Crippen LogP) is 2.04. The summed E-state index contributed by atoms with van der Waals surface area (Å²) in [5, 5.41) is 0.723. The molecule has 0 amide bonds. The van der Waals surface area contributed by atoms with Gasteiger partial charge in [0.25, 0.3) is 0 Å². The van der Waals surface area contributed by atoms with E-state index in [1.54, 1.807) is 0 Å². The summed E-state index contributed by atoms with van der Waals surface area (Å²) < 4.78 is 30.6. The number of halogens is 1. The number of nitrogens with zero attached hydrogens (tertiary/aromatic N) is 1. The number of hydrogen-bond acceptors (Lipinski definition) is 4. The van der Waals surface area contributed by atoms with E-state index in [2.05, 4.69) is 16.5 Å². The monoisotopic (exact) mass is 346 g/mol. The molecule has 0 unspecified atom stereocenters. The van der Waals surface area contributed by atoms with Gasteiger partial charge in [0.1, 0.15) is 0 Å². The van der Waals surface area contributed by atoms with E-state index in [0.29, 0.717) is 19.2 Å². The van der Waals surface area contributed by atoms with Gasteiger partial charge < -0.3 is 4.74 Å². The zero-order valence-electron chi connectivity index (χ0n) is 13.0. The van der Waals surface area contributed by atoms with Gasteiger partial charge in [-0.1, -0.05) is 29.8 Å². The second kappa shape index (κ2) is 7.75. The lowest BCUT2D eigenvalue weighted by Crippen LogP contribution is -2.46. The van der Waals surface area contributed by atoms with Gasteiger partial charge in [0.05, 0.1) is 19.0 Å². The summed E-state index contributed by atoms with van der Waals surface area (Å²) in [4.78, 5) is 2.32. The van der Waals surface area contributed by atoms with Gasteiger partial charge in [0.15, 0.2) is 0 Å². The molecule has 0 bridgehead atoms.